The third-order valence-electron chi connectivity index (χ3n) is 2.18. The molecule has 0 bridgehead atoms. The van der Waals surface area contributed by atoms with Gasteiger partial charge in [0.05, 0.1) is 6.54 Å². The second-order valence-electron chi connectivity index (χ2n) is 3.66. The number of aromatic amines is 1. The first kappa shape index (κ1) is 12.4. The molecular weight excluding hydrogens is 226 g/mol. The number of nitrogen functional groups attached to an aromatic ring is 1. The first-order chi connectivity index (χ1) is 7.18. The second-order valence-corrected chi connectivity index (χ2v) is 3.66. The fourth-order valence-corrected chi connectivity index (χ4v) is 1.36. The van der Waals surface area contributed by atoms with Gasteiger partial charge in [0, 0.05) is 0 Å². The largest absolute Gasteiger partial charge is 1.00 e. The molecule has 0 aliphatic rings. The lowest BCUT2D eigenvalue weighted by Gasteiger charge is -1.97. The Labute approximate surface area is 99.8 Å². The number of hydrogen-bond acceptors (Lipinski definition) is 3. The molecule has 2 aromatic heterocycles. The maximum Gasteiger partial charge on any atom is 0.293 e. The van der Waals surface area contributed by atoms with Gasteiger partial charge >= 0.3 is 0 Å². The highest BCUT2D eigenvalue weighted by atomic mass is 35.5. The summed E-state index contributed by atoms with van der Waals surface area (Å²) in [5.41, 5.74) is 8.61. The molecule has 6 heteroatoms. The first-order valence-corrected chi connectivity index (χ1v) is 4.79. The van der Waals surface area contributed by atoms with Crippen LogP contribution in [-0.4, -0.2) is 15.0 Å². The fraction of sp³-hybridized carbons (Fsp3) is 0.300. The Bertz CT molecular complexity index is 513. The Morgan fingerprint density at radius 3 is 2.94 bits per heavy atom. The van der Waals surface area contributed by atoms with Crippen LogP contribution in [0.4, 0.5) is 5.82 Å². The van der Waals surface area contributed by atoms with Crippen LogP contribution < -0.4 is 22.7 Å². The van der Waals surface area contributed by atoms with E-state index < -0.39 is 0 Å². The summed E-state index contributed by atoms with van der Waals surface area (Å²) in [4.78, 5) is 11.3. The normalized spacial score (nSPS) is 9.88. The van der Waals surface area contributed by atoms with Gasteiger partial charge in [0.1, 0.15) is 0 Å². The van der Waals surface area contributed by atoms with Gasteiger partial charge in [-0.15, -0.1) is 0 Å². The van der Waals surface area contributed by atoms with Gasteiger partial charge in [-0.3, -0.25) is 0 Å². The number of halogens is 1. The summed E-state index contributed by atoms with van der Waals surface area (Å²) < 4.78 is 1.95. The van der Waals surface area contributed by atoms with Crippen LogP contribution >= 0.6 is 0 Å². The Hall–Kier alpha value is -1.62. The summed E-state index contributed by atoms with van der Waals surface area (Å²) in [7, 11) is 0. The monoisotopic (exact) mass is 239 g/mol. The van der Waals surface area contributed by atoms with E-state index in [1.54, 1.807) is 12.7 Å². The number of anilines is 1. The molecule has 0 unspecified atom stereocenters. The first-order valence-electron chi connectivity index (χ1n) is 4.79. The summed E-state index contributed by atoms with van der Waals surface area (Å²) in [5, 5.41) is 0. The molecule has 16 heavy (non-hydrogen) atoms. The van der Waals surface area contributed by atoms with Crippen LogP contribution in [0.5, 0.6) is 0 Å². The SMILES string of the molecule is CC(C)=CC[n+]1cnc(N)c2[nH]cnc21.[Cl-]. The molecular formula is C10H14ClN5. The van der Waals surface area contributed by atoms with Gasteiger partial charge in [-0.2, -0.15) is 0 Å². The van der Waals surface area contributed by atoms with E-state index in [4.69, 9.17) is 5.73 Å². The smallest absolute Gasteiger partial charge is 0.293 e. The van der Waals surface area contributed by atoms with Gasteiger partial charge in [0.25, 0.3) is 5.65 Å². The van der Waals surface area contributed by atoms with Crippen molar-refractivity contribution in [2.75, 3.05) is 5.73 Å². The lowest BCUT2D eigenvalue weighted by atomic mass is 10.3. The molecule has 0 amide bonds. The molecule has 2 heterocycles. The van der Waals surface area contributed by atoms with E-state index in [-0.39, 0.29) is 12.4 Å². The molecule has 0 radical (unpaired) electrons. The summed E-state index contributed by atoms with van der Waals surface area (Å²) >= 11 is 0. The zero-order valence-electron chi connectivity index (χ0n) is 9.24. The number of nitrogens with two attached hydrogens (primary N) is 1. The van der Waals surface area contributed by atoms with Crippen molar-refractivity contribution in [1.82, 2.24) is 15.0 Å². The molecule has 0 spiro atoms. The predicted octanol–water partition coefficient (Wildman–Crippen LogP) is -2.20. The third kappa shape index (κ3) is 2.30. The van der Waals surface area contributed by atoms with Crippen LogP contribution in [-0.2, 0) is 6.54 Å². The maximum absolute atomic E-state index is 5.71. The van der Waals surface area contributed by atoms with Crippen LogP contribution in [0.1, 0.15) is 13.8 Å². The van der Waals surface area contributed by atoms with Crippen molar-refractivity contribution < 1.29 is 17.0 Å². The molecule has 0 aliphatic heterocycles. The molecule has 5 nitrogen and oxygen atoms in total. The molecule has 86 valence electrons. The van der Waals surface area contributed by atoms with Crippen LogP contribution in [0.2, 0.25) is 0 Å². The lowest BCUT2D eigenvalue weighted by Crippen LogP contribution is -3.00. The Kier molecular flexibility index (Phi) is 3.84. The van der Waals surface area contributed by atoms with E-state index in [1.807, 2.05) is 4.57 Å². The molecule has 0 aliphatic carbocycles. The molecule has 2 aromatic rings. The Balaban J connectivity index is 0.00000128. The standard InChI is InChI=1S/C10H13N5.ClH/c1-7(2)3-4-15-6-14-9(11)8-10(15)13-5-12-8;/h3,5-6H,4H2,1-2H3,(H2,11,12,13);1H. The van der Waals surface area contributed by atoms with E-state index >= 15 is 0 Å². The maximum atomic E-state index is 5.71. The number of nitrogens with one attached hydrogen (secondary N) is 1. The highest BCUT2D eigenvalue weighted by Gasteiger charge is 2.12. The van der Waals surface area contributed by atoms with E-state index in [9.17, 15) is 0 Å². The average molecular weight is 240 g/mol. The summed E-state index contributed by atoms with van der Waals surface area (Å²) in [6.45, 7) is 4.89. The number of fused-ring (bicyclic) bond motifs is 1. The van der Waals surface area contributed by atoms with Gasteiger partial charge in [0.15, 0.2) is 11.8 Å². The van der Waals surface area contributed by atoms with Gasteiger partial charge in [-0.25, -0.2) is 4.57 Å². The molecule has 3 N–H and O–H groups in total. The molecule has 0 atom stereocenters. The predicted molar refractivity (Wildman–Crippen MR) is 57.9 cm³/mol. The number of hydrogen-bond donors (Lipinski definition) is 2. The van der Waals surface area contributed by atoms with Gasteiger partial charge in [-0.1, -0.05) is 21.6 Å². The molecule has 0 aromatic carbocycles. The topological polar surface area (TPSA) is 71.5 Å². The van der Waals surface area contributed by atoms with E-state index in [0.29, 0.717) is 5.82 Å². The Morgan fingerprint density at radius 1 is 1.50 bits per heavy atom. The van der Waals surface area contributed by atoms with E-state index in [0.717, 1.165) is 17.7 Å². The van der Waals surface area contributed by atoms with Crippen molar-refractivity contribution in [3.8, 4) is 0 Å². The minimum atomic E-state index is 0. The number of nitrogens with zero attached hydrogens (tertiary/aromatic N) is 3. The summed E-state index contributed by atoms with van der Waals surface area (Å²) in [6.07, 6.45) is 5.45. The number of allylic oxidation sites excluding steroid dienone is 2. The number of H-pyrrole nitrogens is 1. The molecule has 0 saturated carbocycles. The van der Waals surface area contributed by atoms with Crippen molar-refractivity contribution in [3.05, 3.63) is 24.3 Å². The van der Waals surface area contributed by atoms with Crippen molar-refractivity contribution in [2.24, 2.45) is 0 Å². The van der Waals surface area contributed by atoms with Crippen LogP contribution in [0.25, 0.3) is 11.2 Å². The second kappa shape index (κ2) is 4.94. The van der Waals surface area contributed by atoms with Crippen LogP contribution in [0, 0.1) is 0 Å². The van der Waals surface area contributed by atoms with E-state index in [2.05, 4.69) is 34.9 Å². The van der Waals surface area contributed by atoms with Crippen LogP contribution in [0.15, 0.2) is 24.3 Å². The van der Waals surface area contributed by atoms with Crippen molar-refractivity contribution in [1.29, 1.82) is 0 Å². The Morgan fingerprint density at radius 2 is 2.25 bits per heavy atom. The average Bonchev–Trinajstić information content (AvgIpc) is 2.66. The number of aromatic nitrogens is 4. The summed E-state index contributed by atoms with van der Waals surface area (Å²) in [5.74, 6) is 0.482. The van der Waals surface area contributed by atoms with Gasteiger partial charge in [0.2, 0.25) is 12.1 Å². The zero-order valence-corrected chi connectivity index (χ0v) is 9.99. The number of rotatable bonds is 2. The highest BCUT2D eigenvalue weighted by molar-refractivity contribution is 5.78. The van der Waals surface area contributed by atoms with Gasteiger partial charge < -0.3 is 23.1 Å². The van der Waals surface area contributed by atoms with Crippen molar-refractivity contribution in [3.63, 3.8) is 0 Å². The molecule has 2 rings (SSSR count). The molecule has 0 saturated heterocycles. The van der Waals surface area contributed by atoms with Crippen molar-refractivity contribution in [2.45, 2.75) is 20.4 Å². The quantitative estimate of drug-likeness (QED) is 0.462. The van der Waals surface area contributed by atoms with Gasteiger partial charge in [-0.05, 0) is 13.8 Å². The highest BCUT2D eigenvalue weighted by Crippen LogP contribution is 2.08. The minimum Gasteiger partial charge on any atom is -1.00 e. The lowest BCUT2D eigenvalue weighted by molar-refractivity contribution is -0.665. The summed E-state index contributed by atoms with van der Waals surface area (Å²) in [6, 6.07) is 0. The zero-order chi connectivity index (χ0) is 10.8. The van der Waals surface area contributed by atoms with Crippen molar-refractivity contribution >= 4 is 17.0 Å². The number of imidazole rings is 1. The van der Waals surface area contributed by atoms with E-state index in [1.165, 1.54) is 5.57 Å². The fourth-order valence-electron chi connectivity index (χ4n) is 1.36. The molecule has 0 fully saturated rings. The minimum absolute atomic E-state index is 0. The van der Waals surface area contributed by atoms with Crippen LogP contribution in [0.3, 0.4) is 0 Å². The third-order valence-corrected chi connectivity index (χ3v) is 2.18.